The molecule has 25 heavy (non-hydrogen) atoms. The number of rotatable bonds is 5. The van der Waals surface area contributed by atoms with Crippen LogP contribution in [-0.2, 0) is 0 Å². The second kappa shape index (κ2) is 8.56. The van der Waals surface area contributed by atoms with Crippen molar-refractivity contribution in [1.82, 2.24) is 4.90 Å². The SMILES string of the molecule is CCN(CC)C(=O)c1ccc(NC(=O)c2cc(Cl)ccc2Cl)cc1Cl. The third-order valence-electron chi connectivity index (χ3n) is 3.68. The number of benzene rings is 2. The molecule has 0 bridgehead atoms. The van der Waals surface area contributed by atoms with Gasteiger partial charge in [-0.25, -0.2) is 0 Å². The molecular formula is C18H17Cl3N2O2. The molecule has 0 aromatic heterocycles. The third-order valence-corrected chi connectivity index (χ3v) is 4.56. The van der Waals surface area contributed by atoms with Gasteiger partial charge in [-0.3, -0.25) is 9.59 Å². The Morgan fingerprint density at radius 1 is 0.920 bits per heavy atom. The standard InChI is InChI=1S/C18H17Cl3N2O2/c1-3-23(4-2)18(25)13-7-6-12(10-16(13)21)22-17(24)14-9-11(19)5-8-15(14)20/h5-10H,3-4H2,1-2H3,(H,22,24). The Morgan fingerprint density at radius 2 is 1.60 bits per heavy atom. The Morgan fingerprint density at radius 3 is 2.20 bits per heavy atom. The Kier molecular flexibility index (Phi) is 6.71. The normalized spacial score (nSPS) is 10.4. The van der Waals surface area contributed by atoms with E-state index in [4.69, 9.17) is 34.8 Å². The number of nitrogens with one attached hydrogen (secondary N) is 1. The molecule has 0 heterocycles. The Bertz CT molecular complexity index is 805. The molecule has 0 saturated carbocycles. The van der Waals surface area contributed by atoms with Crippen LogP contribution in [0.1, 0.15) is 34.6 Å². The number of carbonyl (C=O) groups excluding carboxylic acids is 2. The predicted octanol–water partition coefficient (Wildman–Crippen LogP) is 5.38. The van der Waals surface area contributed by atoms with Crippen LogP contribution < -0.4 is 5.32 Å². The topological polar surface area (TPSA) is 49.4 Å². The first-order valence-corrected chi connectivity index (χ1v) is 8.86. The zero-order chi connectivity index (χ0) is 18.6. The second-order valence-corrected chi connectivity index (χ2v) is 6.50. The van der Waals surface area contributed by atoms with Gasteiger partial charge in [-0.2, -0.15) is 0 Å². The molecule has 0 unspecified atom stereocenters. The van der Waals surface area contributed by atoms with Gasteiger partial charge in [0, 0.05) is 23.8 Å². The molecule has 0 aliphatic carbocycles. The minimum atomic E-state index is -0.411. The Hall–Kier alpha value is -1.75. The largest absolute Gasteiger partial charge is 0.339 e. The van der Waals surface area contributed by atoms with Crippen molar-refractivity contribution < 1.29 is 9.59 Å². The first-order chi connectivity index (χ1) is 11.9. The van der Waals surface area contributed by atoms with E-state index in [0.29, 0.717) is 34.4 Å². The summed E-state index contributed by atoms with van der Waals surface area (Å²) in [7, 11) is 0. The monoisotopic (exact) mass is 398 g/mol. The lowest BCUT2D eigenvalue weighted by atomic mass is 10.1. The van der Waals surface area contributed by atoms with Crippen molar-refractivity contribution in [2.75, 3.05) is 18.4 Å². The molecule has 1 N–H and O–H groups in total. The highest BCUT2D eigenvalue weighted by Gasteiger charge is 2.17. The van der Waals surface area contributed by atoms with Crippen LogP contribution in [0.2, 0.25) is 15.1 Å². The van der Waals surface area contributed by atoms with E-state index in [0.717, 1.165) is 0 Å². The van der Waals surface area contributed by atoms with Gasteiger partial charge >= 0.3 is 0 Å². The lowest BCUT2D eigenvalue weighted by Gasteiger charge is -2.19. The smallest absolute Gasteiger partial charge is 0.257 e. The summed E-state index contributed by atoms with van der Waals surface area (Å²) in [4.78, 5) is 26.4. The van der Waals surface area contributed by atoms with Crippen LogP contribution in [0.15, 0.2) is 36.4 Å². The van der Waals surface area contributed by atoms with Crippen LogP contribution in [0.5, 0.6) is 0 Å². The van der Waals surface area contributed by atoms with E-state index in [1.807, 2.05) is 13.8 Å². The maximum absolute atomic E-state index is 12.4. The van der Waals surface area contributed by atoms with Crippen molar-refractivity contribution >= 4 is 52.3 Å². The maximum atomic E-state index is 12.4. The molecule has 0 atom stereocenters. The molecule has 0 aliphatic heterocycles. The average Bonchev–Trinajstić information content (AvgIpc) is 2.58. The third kappa shape index (κ3) is 4.66. The summed E-state index contributed by atoms with van der Waals surface area (Å²) in [6.07, 6.45) is 0. The summed E-state index contributed by atoms with van der Waals surface area (Å²) in [6.45, 7) is 4.99. The molecule has 0 saturated heterocycles. The first kappa shape index (κ1) is 19.6. The number of amides is 2. The lowest BCUT2D eigenvalue weighted by molar-refractivity contribution is 0.0773. The molecule has 2 aromatic rings. The fraction of sp³-hybridized carbons (Fsp3) is 0.222. The predicted molar refractivity (Wildman–Crippen MR) is 103 cm³/mol. The number of hydrogen-bond donors (Lipinski definition) is 1. The number of nitrogens with zero attached hydrogens (tertiary/aromatic N) is 1. The van der Waals surface area contributed by atoms with Crippen LogP contribution in [0.4, 0.5) is 5.69 Å². The molecule has 0 radical (unpaired) electrons. The number of carbonyl (C=O) groups is 2. The highest BCUT2D eigenvalue weighted by Crippen LogP contribution is 2.25. The fourth-order valence-corrected chi connectivity index (χ4v) is 2.95. The van der Waals surface area contributed by atoms with Crippen molar-refractivity contribution in [3.05, 3.63) is 62.6 Å². The molecule has 0 fully saturated rings. The lowest BCUT2D eigenvalue weighted by Crippen LogP contribution is -2.30. The van der Waals surface area contributed by atoms with Crippen molar-refractivity contribution in [2.24, 2.45) is 0 Å². The van der Waals surface area contributed by atoms with Gasteiger partial charge in [-0.1, -0.05) is 34.8 Å². The number of halogens is 3. The summed E-state index contributed by atoms with van der Waals surface area (Å²) in [6, 6.07) is 9.40. The Labute approximate surface area is 161 Å². The minimum Gasteiger partial charge on any atom is -0.339 e. The summed E-state index contributed by atoms with van der Waals surface area (Å²) in [5.74, 6) is -0.558. The van der Waals surface area contributed by atoms with E-state index >= 15 is 0 Å². The van der Waals surface area contributed by atoms with Crippen LogP contribution in [-0.4, -0.2) is 29.8 Å². The van der Waals surface area contributed by atoms with Gasteiger partial charge in [0.2, 0.25) is 0 Å². The molecular weight excluding hydrogens is 383 g/mol. The molecule has 7 heteroatoms. The van der Waals surface area contributed by atoms with Crippen LogP contribution in [0.25, 0.3) is 0 Å². The van der Waals surface area contributed by atoms with Gasteiger partial charge in [0.15, 0.2) is 0 Å². The molecule has 0 aliphatic rings. The summed E-state index contributed by atoms with van der Waals surface area (Å²) in [5, 5.41) is 3.67. The van der Waals surface area contributed by atoms with Gasteiger partial charge in [0.1, 0.15) is 0 Å². The molecule has 4 nitrogen and oxygen atoms in total. The van der Waals surface area contributed by atoms with Crippen molar-refractivity contribution in [1.29, 1.82) is 0 Å². The van der Waals surface area contributed by atoms with E-state index < -0.39 is 5.91 Å². The van der Waals surface area contributed by atoms with E-state index in [2.05, 4.69) is 5.32 Å². The van der Waals surface area contributed by atoms with Crippen LogP contribution in [0.3, 0.4) is 0 Å². The van der Waals surface area contributed by atoms with E-state index in [1.165, 1.54) is 12.1 Å². The Balaban J connectivity index is 2.22. The summed E-state index contributed by atoms with van der Waals surface area (Å²) in [5.41, 5.74) is 1.11. The minimum absolute atomic E-state index is 0.147. The highest BCUT2D eigenvalue weighted by molar-refractivity contribution is 6.36. The quantitative estimate of drug-likeness (QED) is 0.733. The molecule has 132 valence electrons. The van der Waals surface area contributed by atoms with Crippen molar-refractivity contribution in [3.8, 4) is 0 Å². The van der Waals surface area contributed by atoms with E-state index in [1.54, 1.807) is 29.2 Å². The van der Waals surface area contributed by atoms with Gasteiger partial charge in [0.05, 0.1) is 21.2 Å². The van der Waals surface area contributed by atoms with Crippen molar-refractivity contribution in [3.63, 3.8) is 0 Å². The maximum Gasteiger partial charge on any atom is 0.257 e. The van der Waals surface area contributed by atoms with Gasteiger partial charge in [-0.15, -0.1) is 0 Å². The molecule has 2 rings (SSSR count). The molecule has 0 spiro atoms. The summed E-state index contributed by atoms with van der Waals surface area (Å²) < 4.78 is 0. The first-order valence-electron chi connectivity index (χ1n) is 7.72. The molecule has 2 aromatic carbocycles. The van der Waals surface area contributed by atoms with E-state index in [-0.39, 0.29) is 16.5 Å². The molecule has 2 amide bonds. The van der Waals surface area contributed by atoms with Gasteiger partial charge in [-0.05, 0) is 50.2 Å². The zero-order valence-corrected chi connectivity index (χ0v) is 16.0. The number of anilines is 1. The second-order valence-electron chi connectivity index (χ2n) is 5.25. The van der Waals surface area contributed by atoms with Gasteiger partial charge in [0.25, 0.3) is 11.8 Å². The van der Waals surface area contributed by atoms with Gasteiger partial charge < -0.3 is 10.2 Å². The average molecular weight is 400 g/mol. The summed E-state index contributed by atoms with van der Waals surface area (Å²) >= 11 is 18.1. The zero-order valence-electron chi connectivity index (χ0n) is 13.8. The fourth-order valence-electron chi connectivity index (χ4n) is 2.32. The van der Waals surface area contributed by atoms with Crippen LogP contribution in [0, 0.1) is 0 Å². The van der Waals surface area contributed by atoms with E-state index in [9.17, 15) is 9.59 Å². The number of hydrogen-bond acceptors (Lipinski definition) is 2. The highest BCUT2D eigenvalue weighted by atomic mass is 35.5. The van der Waals surface area contributed by atoms with Crippen LogP contribution >= 0.6 is 34.8 Å². The van der Waals surface area contributed by atoms with Crippen molar-refractivity contribution in [2.45, 2.75) is 13.8 Å².